The van der Waals surface area contributed by atoms with E-state index in [-0.39, 0.29) is 24.1 Å². The normalized spacial score (nSPS) is 23.9. The maximum atomic E-state index is 11.6. The topological polar surface area (TPSA) is 101 Å². The van der Waals surface area contributed by atoms with Gasteiger partial charge in [-0.3, -0.25) is 4.90 Å². The van der Waals surface area contributed by atoms with Crippen molar-refractivity contribution < 1.29 is 18.3 Å². The Hall–Kier alpha value is -1.44. The number of aliphatic carboxylic acids is 1. The molecular weight excluding hydrogens is 292 g/mol. The quantitative estimate of drug-likeness (QED) is 0.796. The van der Waals surface area contributed by atoms with Crippen molar-refractivity contribution in [1.29, 1.82) is 0 Å². The zero-order valence-electron chi connectivity index (χ0n) is 11.9. The third-order valence-corrected chi connectivity index (χ3v) is 5.75. The average molecular weight is 312 g/mol. The van der Waals surface area contributed by atoms with E-state index in [1.807, 2.05) is 0 Å². The summed E-state index contributed by atoms with van der Waals surface area (Å²) in [4.78, 5) is 13.4. The second kappa shape index (κ2) is 5.75. The highest BCUT2D eigenvalue weighted by atomic mass is 32.2. The molecule has 6 nitrogen and oxygen atoms in total. The fourth-order valence-electron chi connectivity index (χ4n) is 2.66. The van der Waals surface area contributed by atoms with Crippen molar-refractivity contribution in [3.63, 3.8) is 0 Å². The molecule has 116 valence electrons. The monoisotopic (exact) mass is 312 g/mol. The van der Waals surface area contributed by atoms with Gasteiger partial charge in [-0.1, -0.05) is 30.3 Å². The minimum atomic E-state index is -3.01. The molecule has 0 radical (unpaired) electrons. The van der Waals surface area contributed by atoms with Crippen molar-refractivity contribution in [3.8, 4) is 0 Å². The molecule has 1 aromatic rings. The summed E-state index contributed by atoms with van der Waals surface area (Å²) >= 11 is 0. The molecule has 0 bridgehead atoms. The van der Waals surface area contributed by atoms with Gasteiger partial charge in [-0.25, -0.2) is 13.2 Å². The molecule has 0 amide bonds. The Balaban J connectivity index is 2.19. The number of nitrogens with zero attached hydrogens (tertiary/aromatic N) is 1. The fraction of sp³-hybridized carbons (Fsp3) is 0.500. The number of likely N-dealkylation sites (N-methyl/N-ethyl adjacent to an activating group) is 1. The Labute approximate surface area is 124 Å². The SMILES string of the molecule is CN(CC(N)(C(=O)O)c1ccccc1)C1CCS(=O)(=O)C1. The predicted octanol–water partition coefficient (Wildman–Crippen LogP) is 0.0441. The van der Waals surface area contributed by atoms with E-state index in [4.69, 9.17) is 5.73 Å². The van der Waals surface area contributed by atoms with Crippen LogP contribution in [-0.4, -0.2) is 55.5 Å². The van der Waals surface area contributed by atoms with Crippen LogP contribution in [0.4, 0.5) is 0 Å². The molecule has 21 heavy (non-hydrogen) atoms. The van der Waals surface area contributed by atoms with E-state index in [9.17, 15) is 18.3 Å². The van der Waals surface area contributed by atoms with E-state index in [2.05, 4.69) is 0 Å². The first kappa shape index (κ1) is 15.9. The predicted molar refractivity (Wildman–Crippen MR) is 79.6 cm³/mol. The van der Waals surface area contributed by atoms with E-state index < -0.39 is 21.3 Å². The van der Waals surface area contributed by atoms with Crippen LogP contribution < -0.4 is 5.73 Å². The van der Waals surface area contributed by atoms with Crippen molar-refractivity contribution in [2.24, 2.45) is 5.73 Å². The van der Waals surface area contributed by atoms with Gasteiger partial charge in [0.1, 0.15) is 0 Å². The number of carboxylic acid groups (broad SMARTS) is 1. The molecule has 2 atom stereocenters. The molecule has 2 unspecified atom stereocenters. The van der Waals surface area contributed by atoms with Gasteiger partial charge in [0.2, 0.25) is 0 Å². The third kappa shape index (κ3) is 3.42. The fourth-order valence-corrected chi connectivity index (χ4v) is 4.47. The van der Waals surface area contributed by atoms with E-state index in [0.717, 1.165) is 0 Å². The summed E-state index contributed by atoms with van der Waals surface area (Å²) in [7, 11) is -1.29. The minimum Gasteiger partial charge on any atom is -0.480 e. The van der Waals surface area contributed by atoms with Gasteiger partial charge in [-0.05, 0) is 19.0 Å². The van der Waals surface area contributed by atoms with Gasteiger partial charge in [0, 0.05) is 12.6 Å². The lowest BCUT2D eigenvalue weighted by atomic mass is 9.90. The molecule has 7 heteroatoms. The van der Waals surface area contributed by atoms with Gasteiger partial charge in [0.25, 0.3) is 0 Å². The highest BCUT2D eigenvalue weighted by molar-refractivity contribution is 7.91. The lowest BCUT2D eigenvalue weighted by Crippen LogP contribution is -2.54. The van der Waals surface area contributed by atoms with Crippen molar-refractivity contribution in [2.45, 2.75) is 18.0 Å². The molecule has 1 aliphatic heterocycles. The van der Waals surface area contributed by atoms with Crippen LogP contribution in [0, 0.1) is 0 Å². The van der Waals surface area contributed by atoms with Crippen LogP contribution >= 0.6 is 0 Å². The van der Waals surface area contributed by atoms with Crippen LogP contribution in [0.3, 0.4) is 0 Å². The van der Waals surface area contributed by atoms with Gasteiger partial charge in [-0.2, -0.15) is 0 Å². The Kier molecular flexibility index (Phi) is 4.36. The van der Waals surface area contributed by atoms with Crippen molar-refractivity contribution in [3.05, 3.63) is 35.9 Å². The Morgan fingerprint density at radius 3 is 2.52 bits per heavy atom. The summed E-state index contributed by atoms with van der Waals surface area (Å²) in [6.45, 7) is 0.0620. The molecule has 0 aromatic heterocycles. The first-order valence-corrected chi connectivity index (χ1v) is 8.55. The van der Waals surface area contributed by atoms with Crippen LogP contribution in [0.1, 0.15) is 12.0 Å². The third-order valence-electron chi connectivity index (χ3n) is 4.00. The molecule has 1 heterocycles. The summed E-state index contributed by atoms with van der Waals surface area (Å²) in [5.74, 6) is -0.909. The second-order valence-electron chi connectivity index (χ2n) is 5.61. The second-order valence-corrected chi connectivity index (χ2v) is 7.84. The van der Waals surface area contributed by atoms with E-state index >= 15 is 0 Å². The number of benzene rings is 1. The molecule has 0 aliphatic carbocycles. The van der Waals surface area contributed by atoms with Gasteiger partial charge in [0.15, 0.2) is 15.4 Å². The number of rotatable bonds is 5. The highest BCUT2D eigenvalue weighted by Crippen LogP contribution is 2.23. The molecule has 0 spiro atoms. The summed E-state index contributed by atoms with van der Waals surface area (Å²) in [5.41, 5.74) is 5.06. The number of hydrogen-bond donors (Lipinski definition) is 2. The Bertz CT molecular complexity index is 617. The number of carbonyl (C=O) groups is 1. The lowest BCUT2D eigenvalue weighted by molar-refractivity contribution is -0.144. The largest absolute Gasteiger partial charge is 0.480 e. The molecule has 1 aliphatic rings. The maximum Gasteiger partial charge on any atom is 0.329 e. The van der Waals surface area contributed by atoms with Crippen LogP contribution in [0.2, 0.25) is 0 Å². The smallest absolute Gasteiger partial charge is 0.329 e. The first-order valence-electron chi connectivity index (χ1n) is 6.73. The van der Waals surface area contributed by atoms with Crippen LogP contribution in [0.25, 0.3) is 0 Å². The zero-order chi connectivity index (χ0) is 15.7. The van der Waals surface area contributed by atoms with Gasteiger partial charge in [-0.15, -0.1) is 0 Å². The van der Waals surface area contributed by atoms with Crippen molar-refractivity contribution >= 4 is 15.8 Å². The van der Waals surface area contributed by atoms with Crippen LogP contribution in [0.5, 0.6) is 0 Å². The standard InChI is InChI=1S/C14H20N2O4S/c1-16(12-7-8-21(19,20)9-12)10-14(15,13(17)18)11-5-3-2-4-6-11/h2-6,12H,7-10,15H2,1H3,(H,17,18). The molecule has 2 rings (SSSR count). The number of hydrogen-bond acceptors (Lipinski definition) is 5. The Morgan fingerprint density at radius 1 is 1.43 bits per heavy atom. The van der Waals surface area contributed by atoms with E-state index in [0.29, 0.717) is 12.0 Å². The van der Waals surface area contributed by atoms with Crippen molar-refractivity contribution in [2.75, 3.05) is 25.1 Å². The summed E-state index contributed by atoms with van der Waals surface area (Å²) in [5, 5.41) is 9.51. The van der Waals surface area contributed by atoms with Gasteiger partial charge in [0.05, 0.1) is 11.5 Å². The van der Waals surface area contributed by atoms with Crippen LogP contribution in [0.15, 0.2) is 30.3 Å². The summed E-state index contributed by atoms with van der Waals surface area (Å²) < 4.78 is 23.1. The van der Waals surface area contributed by atoms with E-state index in [1.54, 1.807) is 42.3 Å². The highest BCUT2D eigenvalue weighted by Gasteiger charge is 2.40. The average Bonchev–Trinajstić information content (AvgIpc) is 2.80. The van der Waals surface area contributed by atoms with Gasteiger partial charge < -0.3 is 10.8 Å². The maximum absolute atomic E-state index is 11.6. The first-order chi connectivity index (χ1) is 9.74. The molecule has 0 saturated carbocycles. The minimum absolute atomic E-state index is 0.0620. The number of carboxylic acids is 1. The molecule has 3 N–H and O–H groups in total. The van der Waals surface area contributed by atoms with Crippen LogP contribution in [-0.2, 0) is 20.2 Å². The number of nitrogens with two attached hydrogens (primary N) is 1. The molecule has 1 fully saturated rings. The zero-order valence-corrected chi connectivity index (χ0v) is 12.7. The Morgan fingerprint density at radius 2 is 2.05 bits per heavy atom. The number of sulfone groups is 1. The lowest BCUT2D eigenvalue weighted by Gasteiger charge is -2.33. The van der Waals surface area contributed by atoms with E-state index in [1.165, 1.54) is 0 Å². The van der Waals surface area contributed by atoms with Crippen molar-refractivity contribution in [1.82, 2.24) is 4.90 Å². The van der Waals surface area contributed by atoms with Gasteiger partial charge >= 0.3 is 5.97 Å². The molecule has 1 aromatic carbocycles. The summed E-state index contributed by atoms with van der Waals surface area (Å²) in [6, 6.07) is 8.43. The molecule has 1 saturated heterocycles. The molecular formula is C14H20N2O4S. The summed E-state index contributed by atoms with van der Waals surface area (Å²) in [6.07, 6.45) is 0.517.